The number of benzene rings is 1. The lowest BCUT2D eigenvalue weighted by atomic mass is 9.94. The Morgan fingerprint density at radius 3 is 3.00 bits per heavy atom. The van der Waals surface area contributed by atoms with E-state index in [9.17, 15) is 0 Å². The first-order valence-corrected chi connectivity index (χ1v) is 5.53. The first-order valence-electron chi connectivity index (χ1n) is 5.16. The van der Waals surface area contributed by atoms with Gasteiger partial charge in [-0.1, -0.05) is 30.7 Å². The fraction of sp³-hybridized carbons (Fsp3) is 0.500. The van der Waals surface area contributed by atoms with E-state index in [0.717, 1.165) is 18.0 Å². The van der Waals surface area contributed by atoms with Crippen molar-refractivity contribution in [2.24, 2.45) is 5.92 Å². The van der Waals surface area contributed by atoms with Crippen LogP contribution in [0.3, 0.4) is 0 Å². The summed E-state index contributed by atoms with van der Waals surface area (Å²) in [5.41, 5.74) is 2.81. The maximum Gasteiger partial charge on any atom is 0.0440 e. The minimum Gasteiger partial charge on any atom is -0.319 e. The molecular weight excluding hydrogens is 194 g/mol. The zero-order valence-corrected chi connectivity index (χ0v) is 9.43. The summed E-state index contributed by atoms with van der Waals surface area (Å²) in [6.45, 7) is 3.35. The Kier molecular flexibility index (Phi) is 2.80. The van der Waals surface area contributed by atoms with E-state index in [4.69, 9.17) is 11.6 Å². The van der Waals surface area contributed by atoms with Crippen LogP contribution >= 0.6 is 11.6 Å². The van der Waals surface area contributed by atoms with E-state index in [1.54, 1.807) is 0 Å². The number of nitrogens with one attached hydrogen (secondary N) is 1. The molecule has 2 atom stereocenters. The van der Waals surface area contributed by atoms with E-state index in [-0.39, 0.29) is 0 Å². The first kappa shape index (κ1) is 10.0. The van der Waals surface area contributed by atoms with Crippen LogP contribution in [0.4, 0.5) is 0 Å². The Morgan fingerprint density at radius 2 is 2.29 bits per heavy atom. The van der Waals surface area contributed by atoms with Crippen LogP contribution in [-0.2, 0) is 6.42 Å². The van der Waals surface area contributed by atoms with Gasteiger partial charge in [-0.25, -0.2) is 0 Å². The predicted molar refractivity (Wildman–Crippen MR) is 61.0 cm³/mol. The SMILES string of the molecule is CNCC1c2cccc(Cl)c2CC1C. The lowest BCUT2D eigenvalue weighted by molar-refractivity contribution is 0.480. The van der Waals surface area contributed by atoms with Gasteiger partial charge < -0.3 is 5.32 Å². The molecule has 1 aromatic rings. The van der Waals surface area contributed by atoms with E-state index in [1.165, 1.54) is 11.1 Å². The summed E-state index contributed by atoms with van der Waals surface area (Å²) in [4.78, 5) is 0. The van der Waals surface area contributed by atoms with E-state index in [1.807, 2.05) is 13.1 Å². The highest BCUT2D eigenvalue weighted by molar-refractivity contribution is 6.31. The number of fused-ring (bicyclic) bond motifs is 1. The van der Waals surface area contributed by atoms with Gasteiger partial charge in [0.05, 0.1) is 0 Å². The predicted octanol–water partition coefficient (Wildman–Crippen LogP) is 2.84. The van der Waals surface area contributed by atoms with Crippen molar-refractivity contribution in [2.45, 2.75) is 19.3 Å². The second-order valence-electron chi connectivity index (χ2n) is 4.15. The molecule has 0 bridgehead atoms. The van der Waals surface area contributed by atoms with Crippen molar-refractivity contribution >= 4 is 11.6 Å². The lowest BCUT2D eigenvalue weighted by Crippen LogP contribution is -2.19. The molecule has 0 radical (unpaired) electrons. The Morgan fingerprint density at radius 1 is 1.50 bits per heavy atom. The van der Waals surface area contributed by atoms with Crippen LogP contribution in [0.2, 0.25) is 5.02 Å². The number of halogens is 1. The molecule has 1 aromatic carbocycles. The molecule has 1 N–H and O–H groups in total. The average Bonchev–Trinajstić information content (AvgIpc) is 2.47. The number of hydrogen-bond acceptors (Lipinski definition) is 1. The highest BCUT2D eigenvalue weighted by Crippen LogP contribution is 2.40. The molecule has 1 aliphatic rings. The summed E-state index contributed by atoms with van der Waals surface area (Å²) in [5, 5.41) is 4.20. The topological polar surface area (TPSA) is 12.0 Å². The van der Waals surface area contributed by atoms with Crippen LogP contribution in [0.1, 0.15) is 24.0 Å². The smallest absolute Gasteiger partial charge is 0.0440 e. The first-order chi connectivity index (χ1) is 6.74. The molecule has 2 heteroatoms. The minimum atomic E-state index is 0.633. The fourth-order valence-corrected chi connectivity index (χ4v) is 2.70. The summed E-state index contributed by atoms with van der Waals surface area (Å²) >= 11 is 6.18. The second-order valence-corrected chi connectivity index (χ2v) is 4.56. The van der Waals surface area contributed by atoms with Gasteiger partial charge in [-0.3, -0.25) is 0 Å². The Labute approximate surface area is 90.5 Å². The van der Waals surface area contributed by atoms with Crippen LogP contribution in [0, 0.1) is 5.92 Å². The average molecular weight is 210 g/mol. The van der Waals surface area contributed by atoms with Gasteiger partial charge in [0.1, 0.15) is 0 Å². The van der Waals surface area contributed by atoms with Crippen molar-refractivity contribution in [2.75, 3.05) is 13.6 Å². The summed E-state index contributed by atoms with van der Waals surface area (Å²) in [5.74, 6) is 1.34. The Hall–Kier alpha value is -0.530. The van der Waals surface area contributed by atoms with Gasteiger partial charge >= 0.3 is 0 Å². The zero-order chi connectivity index (χ0) is 10.1. The standard InChI is InChI=1S/C12H16ClN/c1-8-6-10-9(11(8)7-14-2)4-3-5-12(10)13/h3-5,8,11,14H,6-7H2,1-2H3. The van der Waals surface area contributed by atoms with Crippen molar-refractivity contribution in [3.63, 3.8) is 0 Å². The second kappa shape index (κ2) is 3.92. The third-order valence-electron chi connectivity index (χ3n) is 3.19. The van der Waals surface area contributed by atoms with Gasteiger partial charge in [0.25, 0.3) is 0 Å². The molecular formula is C12H16ClN. The van der Waals surface area contributed by atoms with Crippen molar-refractivity contribution in [1.82, 2.24) is 5.32 Å². The molecule has 76 valence electrons. The molecule has 0 amide bonds. The van der Waals surface area contributed by atoms with Gasteiger partial charge in [0.15, 0.2) is 0 Å². The summed E-state index contributed by atoms with van der Waals surface area (Å²) < 4.78 is 0. The maximum absolute atomic E-state index is 6.18. The van der Waals surface area contributed by atoms with Crippen LogP contribution in [0.15, 0.2) is 18.2 Å². The van der Waals surface area contributed by atoms with Crippen molar-refractivity contribution in [3.05, 3.63) is 34.3 Å². The summed E-state index contributed by atoms with van der Waals surface area (Å²) in [6.07, 6.45) is 1.13. The van der Waals surface area contributed by atoms with Crippen LogP contribution < -0.4 is 5.32 Å². The van der Waals surface area contributed by atoms with Gasteiger partial charge in [0.2, 0.25) is 0 Å². The van der Waals surface area contributed by atoms with Crippen molar-refractivity contribution < 1.29 is 0 Å². The number of rotatable bonds is 2. The van der Waals surface area contributed by atoms with E-state index in [2.05, 4.69) is 24.4 Å². The lowest BCUT2D eigenvalue weighted by Gasteiger charge is -2.15. The van der Waals surface area contributed by atoms with Crippen LogP contribution in [-0.4, -0.2) is 13.6 Å². The quantitative estimate of drug-likeness (QED) is 0.790. The monoisotopic (exact) mass is 209 g/mol. The molecule has 0 saturated carbocycles. The van der Waals surface area contributed by atoms with E-state index in [0.29, 0.717) is 11.8 Å². The highest BCUT2D eigenvalue weighted by atomic mass is 35.5. The fourth-order valence-electron chi connectivity index (χ4n) is 2.44. The summed E-state index contributed by atoms with van der Waals surface area (Å²) in [6, 6.07) is 6.27. The van der Waals surface area contributed by atoms with Crippen molar-refractivity contribution in [3.8, 4) is 0 Å². The van der Waals surface area contributed by atoms with Crippen LogP contribution in [0.25, 0.3) is 0 Å². The highest BCUT2D eigenvalue weighted by Gasteiger charge is 2.29. The zero-order valence-electron chi connectivity index (χ0n) is 8.68. The van der Waals surface area contributed by atoms with Gasteiger partial charge in [-0.05, 0) is 42.5 Å². The third-order valence-corrected chi connectivity index (χ3v) is 3.55. The molecule has 1 nitrogen and oxygen atoms in total. The molecule has 2 rings (SSSR count). The largest absolute Gasteiger partial charge is 0.319 e. The number of hydrogen-bond donors (Lipinski definition) is 1. The van der Waals surface area contributed by atoms with Gasteiger partial charge in [0, 0.05) is 11.6 Å². The van der Waals surface area contributed by atoms with Gasteiger partial charge in [-0.2, -0.15) is 0 Å². The maximum atomic E-state index is 6.18. The Bertz CT molecular complexity index is 335. The third kappa shape index (κ3) is 1.55. The molecule has 0 heterocycles. The normalized spacial score (nSPS) is 25.1. The molecule has 0 saturated heterocycles. The minimum absolute atomic E-state index is 0.633. The molecule has 0 aromatic heterocycles. The molecule has 0 spiro atoms. The molecule has 0 fully saturated rings. The summed E-state index contributed by atoms with van der Waals surface area (Å²) in [7, 11) is 2.01. The van der Waals surface area contributed by atoms with E-state index >= 15 is 0 Å². The number of likely N-dealkylation sites (N-methyl/N-ethyl adjacent to an activating group) is 1. The van der Waals surface area contributed by atoms with Crippen molar-refractivity contribution in [1.29, 1.82) is 0 Å². The van der Waals surface area contributed by atoms with Gasteiger partial charge in [-0.15, -0.1) is 0 Å². The van der Waals surface area contributed by atoms with Crippen LogP contribution in [0.5, 0.6) is 0 Å². The molecule has 1 aliphatic carbocycles. The molecule has 14 heavy (non-hydrogen) atoms. The molecule has 2 unspecified atom stereocenters. The molecule has 0 aliphatic heterocycles. The Balaban J connectivity index is 2.37. The van der Waals surface area contributed by atoms with E-state index < -0.39 is 0 Å².